The first-order valence-electron chi connectivity index (χ1n) is 7.50. The van der Waals surface area contributed by atoms with Crippen LogP contribution in [0.4, 0.5) is 0 Å². The van der Waals surface area contributed by atoms with Gasteiger partial charge in [-0.25, -0.2) is 0 Å². The van der Waals surface area contributed by atoms with Crippen molar-refractivity contribution in [3.05, 3.63) is 29.8 Å². The zero-order valence-electron chi connectivity index (χ0n) is 13.4. The Bertz CT molecular complexity index is 589. The van der Waals surface area contributed by atoms with Crippen LogP contribution < -0.4 is 10.1 Å². The lowest BCUT2D eigenvalue weighted by Crippen LogP contribution is -2.65. The highest BCUT2D eigenvalue weighted by molar-refractivity contribution is 5.94. The molecule has 5 atom stereocenters. The Morgan fingerprint density at radius 1 is 1.17 bits per heavy atom. The van der Waals surface area contributed by atoms with E-state index in [9.17, 15) is 24.9 Å². The molecule has 0 radical (unpaired) electrons. The van der Waals surface area contributed by atoms with Crippen molar-refractivity contribution >= 4 is 11.7 Å². The lowest BCUT2D eigenvalue weighted by molar-refractivity contribution is -0.244. The van der Waals surface area contributed by atoms with Crippen LogP contribution in [0.25, 0.3) is 0 Å². The normalized spacial score (nSPS) is 29.8. The van der Waals surface area contributed by atoms with Gasteiger partial charge in [0.25, 0.3) is 0 Å². The van der Waals surface area contributed by atoms with Gasteiger partial charge in [-0.3, -0.25) is 9.59 Å². The van der Waals surface area contributed by atoms with Gasteiger partial charge >= 0.3 is 0 Å². The van der Waals surface area contributed by atoms with Crippen molar-refractivity contribution in [1.29, 1.82) is 0 Å². The van der Waals surface area contributed by atoms with Crippen LogP contribution in [0.1, 0.15) is 24.2 Å². The van der Waals surface area contributed by atoms with Crippen LogP contribution in [0.15, 0.2) is 24.3 Å². The first kappa shape index (κ1) is 18.3. The summed E-state index contributed by atoms with van der Waals surface area (Å²) in [6.45, 7) is 2.18. The highest BCUT2D eigenvalue weighted by Gasteiger charge is 2.46. The second kappa shape index (κ2) is 7.71. The summed E-state index contributed by atoms with van der Waals surface area (Å²) in [5.74, 6) is -0.177. The fourth-order valence-electron chi connectivity index (χ4n) is 2.47. The Labute approximate surface area is 139 Å². The number of Topliss-reactive ketones (excluding diaryl/α,β-unsaturated/α-hetero) is 1. The first-order chi connectivity index (χ1) is 11.3. The lowest BCUT2D eigenvalue weighted by Gasteiger charge is -2.42. The summed E-state index contributed by atoms with van der Waals surface area (Å²) >= 11 is 0. The molecule has 24 heavy (non-hydrogen) atoms. The van der Waals surface area contributed by atoms with E-state index in [0.717, 1.165) is 0 Å². The molecule has 1 heterocycles. The number of aliphatic hydroxyl groups is 3. The van der Waals surface area contributed by atoms with Gasteiger partial charge in [0.15, 0.2) is 5.78 Å². The number of aliphatic hydroxyl groups excluding tert-OH is 3. The summed E-state index contributed by atoms with van der Waals surface area (Å²) in [7, 11) is 0. The molecule has 0 bridgehead atoms. The van der Waals surface area contributed by atoms with Crippen molar-refractivity contribution in [3.8, 4) is 5.75 Å². The maximum atomic E-state index is 11.3. The zero-order chi connectivity index (χ0) is 17.9. The zero-order valence-corrected chi connectivity index (χ0v) is 13.4. The number of hydrogen-bond donors (Lipinski definition) is 4. The maximum absolute atomic E-state index is 11.3. The van der Waals surface area contributed by atoms with E-state index in [1.165, 1.54) is 13.8 Å². The van der Waals surface area contributed by atoms with Gasteiger partial charge in [0.05, 0.1) is 6.61 Å². The van der Waals surface area contributed by atoms with E-state index in [1.807, 2.05) is 0 Å². The topological polar surface area (TPSA) is 125 Å². The van der Waals surface area contributed by atoms with E-state index in [-0.39, 0.29) is 5.78 Å². The Balaban J connectivity index is 2.19. The third-order valence-corrected chi connectivity index (χ3v) is 3.76. The van der Waals surface area contributed by atoms with Crippen LogP contribution in [0.5, 0.6) is 5.75 Å². The second-order valence-electron chi connectivity index (χ2n) is 5.63. The number of ketones is 1. The Kier molecular flexibility index (Phi) is 5.89. The molecule has 1 aromatic rings. The molecule has 1 aliphatic heterocycles. The van der Waals surface area contributed by atoms with Gasteiger partial charge in [-0.2, -0.15) is 0 Å². The van der Waals surface area contributed by atoms with Crippen LogP contribution in [0, 0.1) is 0 Å². The molecule has 0 aromatic heterocycles. The van der Waals surface area contributed by atoms with E-state index in [0.29, 0.717) is 11.3 Å². The number of rotatable bonds is 5. The van der Waals surface area contributed by atoms with E-state index >= 15 is 0 Å². The number of benzene rings is 1. The fourth-order valence-corrected chi connectivity index (χ4v) is 2.47. The van der Waals surface area contributed by atoms with Crippen molar-refractivity contribution < 1.29 is 34.4 Å². The standard InChI is InChI=1S/C16H21NO7/c1-8(19)10-3-5-11(6-4-10)23-16-13(17-9(2)20)15(22)14(21)12(7-18)24-16/h3-6,12-16,18,21-22H,7H2,1-2H3,(H,17,20)/t12-,13-,14+,15-,16+/m0/s1. The van der Waals surface area contributed by atoms with Crippen molar-refractivity contribution in [2.75, 3.05) is 6.61 Å². The summed E-state index contributed by atoms with van der Waals surface area (Å²) in [5.41, 5.74) is 0.508. The molecule has 132 valence electrons. The largest absolute Gasteiger partial charge is 0.463 e. The molecule has 1 saturated heterocycles. The van der Waals surface area contributed by atoms with Gasteiger partial charge in [-0.15, -0.1) is 0 Å². The number of carbonyl (C=O) groups excluding carboxylic acids is 2. The molecular formula is C16H21NO7. The molecule has 1 amide bonds. The Morgan fingerprint density at radius 2 is 1.79 bits per heavy atom. The SMILES string of the molecule is CC(=O)N[C@@H]1[C@H](Oc2ccc(C(C)=O)cc2)O[C@@H](CO)[C@@H](O)[C@H]1O. The molecule has 8 heteroatoms. The third-order valence-electron chi connectivity index (χ3n) is 3.76. The van der Waals surface area contributed by atoms with Crippen LogP contribution in [-0.2, 0) is 9.53 Å². The number of nitrogens with one attached hydrogen (secondary N) is 1. The predicted molar refractivity (Wildman–Crippen MR) is 82.4 cm³/mol. The fraction of sp³-hybridized carbons (Fsp3) is 0.500. The minimum absolute atomic E-state index is 0.0921. The summed E-state index contributed by atoms with van der Waals surface area (Å²) in [5, 5.41) is 31.8. The number of carbonyl (C=O) groups is 2. The van der Waals surface area contributed by atoms with E-state index in [2.05, 4.69) is 5.32 Å². The van der Waals surface area contributed by atoms with Crippen molar-refractivity contribution in [2.24, 2.45) is 0 Å². The van der Waals surface area contributed by atoms with E-state index < -0.39 is 43.2 Å². The van der Waals surface area contributed by atoms with Crippen LogP contribution >= 0.6 is 0 Å². The van der Waals surface area contributed by atoms with Gasteiger partial charge in [-0.05, 0) is 31.2 Å². The van der Waals surface area contributed by atoms with Crippen molar-refractivity contribution in [1.82, 2.24) is 5.32 Å². The molecule has 8 nitrogen and oxygen atoms in total. The molecule has 4 N–H and O–H groups in total. The number of hydrogen-bond acceptors (Lipinski definition) is 7. The minimum Gasteiger partial charge on any atom is -0.463 e. The quantitative estimate of drug-likeness (QED) is 0.518. The highest BCUT2D eigenvalue weighted by atomic mass is 16.7. The van der Waals surface area contributed by atoms with Gasteiger partial charge in [0.1, 0.15) is 30.1 Å². The summed E-state index contributed by atoms with van der Waals surface area (Å²) in [6, 6.07) is 5.23. The second-order valence-corrected chi connectivity index (χ2v) is 5.63. The molecule has 0 saturated carbocycles. The third kappa shape index (κ3) is 4.09. The average molecular weight is 339 g/mol. The minimum atomic E-state index is -1.37. The smallest absolute Gasteiger partial charge is 0.223 e. The Morgan fingerprint density at radius 3 is 2.29 bits per heavy atom. The van der Waals surface area contributed by atoms with Crippen LogP contribution in [0.2, 0.25) is 0 Å². The molecule has 0 spiro atoms. The van der Waals surface area contributed by atoms with E-state index in [1.54, 1.807) is 24.3 Å². The summed E-state index contributed by atoms with van der Waals surface area (Å²) in [4.78, 5) is 22.6. The van der Waals surface area contributed by atoms with E-state index in [4.69, 9.17) is 9.47 Å². The van der Waals surface area contributed by atoms with Gasteiger partial charge in [-0.1, -0.05) is 0 Å². The number of ether oxygens (including phenoxy) is 2. The number of amides is 1. The monoisotopic (exact) mass is 339 g/mol. The van der Waals surface area contributed by atoms with Crippen molar-refractivity contribution in [3.63, 3.8) is 0 Å². The summed E-state index contributed by atoms with van der Waals surface area (Å²) in [6.07, 6.45) is -4.91. The van der Waals surface area contributed by atoms with Gasteiger partial charge in [0, 0.05) is 12.5 Å². The molecule has 2 rings (SSSR count). The van der Waals surface area contributed by atoms with Crippen LogP contribution in [0.3, 0.4) is 0 Å². The lowest BCUT2D eigenvalue weighted by atomic mass is 9.97. The molecule has 0 aliphatic carbocycles. The molecule has 1 fully saturated rings. The maximum Gasteiger partial charge on any atom is 0.223 e. The van der Waals surface area contributed by atoms with Crippen molar-refractivity contribution in [2.45, 2.75) is 44.5 Å². The first-order valence-corrected chi connectivity index (χ1v) is 7.50. The summed E-state index contributed by atoms with van der Waals surface area (Å²) < 4.78 is 11.1. The molecule has 1 aliphatic rings. The highest BCUT2D eigenvalue weighted by Crippen LogP contribution is 2.24. The Hall–Kier alpha value is -2.00. The van der Waals surface area contributed by atoms with Gasteiger partial charge in [0.2, 0.25) is 12.2 Å². The molecular weight excluding hydrogens is 318 g/mol. The predicted octanol–water partition coefficient (Wildman–Crippen LogP) is -0.788. The molecule has 0 unspecified atom stereocenters. The van der Waals surface area contributed by atoms with Gasteiger partial charge < -0.3 is 30.1 Å². The van der Waals surface area contributed by atoms with Crippen LogP contribution in [-0.4, -0.2) is 64.3 Å². The average Bonchev–Trinajstić information content (AvgIpc) is 2.54. The molecule has 1 aromatic carbocycles.